The van der Waals surface area contributed by atoms with Crippen molar-refractivity contribution in [3.63, 3.8) is 0 Å². The molecule has 2 saturated carbocycles. The lowest BCUT2D eigenvalue weighted by Gasteiger charge is -2.31. The highest BCUT2D eigenvalue weighted by Crippen LogP contribution is 2.65. The molecule has 1 aromatic rings. The van der Waals surface area contributed by atoms with Gasteiger partial charge in [-0.2, -0.15) is 0 Å². The number of rotatable bonds is 5. The zero-order chi connectivity index (χ0) is 19.3. The molecule has 1 aromatic carbocycles. The largest absolute Gasteiger partial charge is 0.491 e. The monoisotopic (exact) mass is 356 g/mol. The van der Waals surface area contributed by atoms with E-state index < -0.39 is 0 Å². The van der Waals surface area contributed by atoms with Crippen molar-refractivity contribution in [3.8, 4) is 11.5 Å². The van der Waals surface area contributed by atoms with Gasteiger partial charge in [0.05, 0.1) is 12.2 Å². The molecular formula is C23H32O3. The van der Waals surface area contributed by atoms with Crippen LogP contribution < -0.4 is 9.47 Å². The van der Waals surface area contributed by atoms with Gasteiger partial charge in [-0.05, 0) is 76.1 Å². The number of benzene rings is 1. The molecule has 0 amide bonds. The zero-order valence-electron chi connectivity index (χ0n) is 17.2. The summed E-state index contributed by atoms with van der Waals surface area (Å²) in [4.78, 5) is 13.2. The van der Waals surface area contributed by atoms with Crippen LogP contribution in [0, 0.1) is 16.7 Å². The van der Waals surface area contributed by atoms with Gasteiger partial charge in [-0.3, -0.25) is 4.79 Å². The van der Waals surface area contributed by atoms with Crippen molar-refractivity contribution in [2.75, 3.05) is 0 Å². The quantitative estimate of drug-likeness (QED) is 0.638. The Labute approximate surface area is 157 Å². The predicted octanol–water partition coefficient (Wildman–Crippen LogP) is 5.67. The van der Waals surface area contributed by atoms with Crippen LogP contribution in [0.5, 0.6) is 11.5 Å². The molecule has 0 saturated heterocycles. The summed E-state index contributed by atoms with van der Waals surface area (Å²) in [7, 11) is 0. The Hall–Kier alpha value is -1.77. The van der Waals surface area contributed by atoms with Gasteiger partial charge < -0.3 is 9.47 Å². The number of allylic oxidation sites excluding steroid dienone is 1. The minimum Gasteiger partial charge on any atom is -0.491 e. The number of ketones is 1. The van der Waals surface area contributed by atoms with Crippen LogP contribution in [0.3, 0.4) is 0 Å². The molecule has 2 fully saturated rings. The fourth-order valence-corrected chi connectivity index (χ4v) is 4.61. The summed E-state index contributed by atoms with van der Waals surface area (Å²) in [5.74, 6) is 2.25. The second kappa shape index (κ2) is 6.44. The van der Waals surface area contributed by atoms with E-state index in [0.29, 0.717) is 11.7 Å². The van der Waals surface area contributed by atoms with Crippen LogP contribution in [0.2, 0.25) is 0 Å². The maximum atomic E-state index is 13.2. The second-order valence-corrected chi connectivity index (χ2v) is 9.11. The van der Waals surface area contributed by atoms with Gasteiger partial charge in [-0.15, -0.1) is 0 Å². The topological polar surface area (TPSA) is 35.5 Å². The van der Waals surface area contributed by atoms with Crippen molar-refractivity contribution >= 4 is 11.9 Å². The summed E-state index contributed by atoms with van der Waals surface area (Å²) in [6, 6.07) is 5.89. The minimum absolute atomic E-state index is 0.0149. The number of carbonyl (C=O) groups excluding carboxylic acids is 1. The maximum Gasteiger partial charge on any atom is 0.165 e. The lowest BCUT2D eigenvalue weighted by Crippen LogP contribution is -2.32. The van der Waals surface area contributed by atoms with E-state index in [1.807, 2.05) is 45.9 Å². The van der Waals surface area contributed by atoms with Crippen molar-refractivity contribution in [1.82, 2.24) is 0 Å². The Bertz CT molecular complexity index is 742. The van der Waals surface area contributed by atoms with Crippen LogP contribution in [-0.2, 0) is 4.79 Å². The smallest absolute Gasteiger partial charge is 0.165 e. The van der Waals surface area contributed by atoms with E-state index in [4.69, 9.17) is 9.47 Å². The number of hydrogen-bond acceptors (Lipinski definition) is 3. The first-order chi connectivity index (χ1) is 12.1. The number of carbonyl (C=O) groups is 1. The Balaban J connectivity index is 2.05. The third-order valence-corrected chi connectivity index (χ3v) is 6.39. The maximum absolute atomic E-state index is 13.2. The van der Waals surface area contributed by atoms with Gasteiger partial charge in [-0.1, -0.05) is 20.8 Å². The van der Waals surface area contributed by atoms with Gasteiger partial charge in [0.1, 0.15) is 11.5 Å². The van der Waals surface area contributed by atoms with Crippen LogP contribution >= 0.6 is 0 Å². The first-order valence-electron chi connectivity index (χ1n) is 9.80. The fourth-order valence-electron chi connectivity index (χ4n) is 4.61. The molecule has 2 atom stereocenters. The zero-order valence-corrected chi connectivity index (χ0v) is 17.2. The second-order valence-electron chi connectivity index (χ2n) is 9.11. The molecule has 3 nitrogen and oxygen atoms in total. The lowest BCUT2D eigenvalue weighted by molar-refractivity contribution is -0.125. The normalized spacial score (nSPS) is 28.4. The summed E-state index contributed by atoms with van der Waals surface area (Å²) in [5.41, 5.74) is 1.67. The first kappa shape index (κ1) is 19.0. The summed E-state index contributed by atoms with van der Waals surface area (Å²) in [5, 5.41) is 0. The van der Waals surface area contributed by atoms with Crippen molar-refractivity contribution < 1.29 is 14.3 Å². The molecule has 0 aliphatic heterocycles. The number of hydrogen-bond donors (Lipinski definition) is 0. The van der Waals surface area contributed by atoms with Crippen LogP contribution in [-0.4, -0.2) is 18.0 Å². The molecule has 2 unspecified atom stereocenters. The molecule has 142 valence electrons. The average Bonchev–Trinajstić information content (AvgIpc) is 2.83. The number of ether oxygens (including phenoxy) is 2. The van der Waals surface area contributed by atoms with E-state index in [1.54, 1.807) is 0 Å². The van der Waals surface area contributed by atoms with Gasteiger partial charge >= 0.3 is 0 Å². The van der Waals surface area contributed by atoms with Crippen LogP contribution in [0.25, 0.3) is 6.08 Å². The molecule has 3 heteroatoms. The molecule has 26 heavy (non-hydrogen) atoms. The van der Waals surface area contributed by atoms with Gasteiger partial charge in [-0.25, -0.2) is 0 Å². The van der Waals surface area contributed by atoms with E-state index >= 15 is 0 Å². The highest BCUT2D eigenvalue weighted by molar-refractivity contribution is 6.08. The molecule has 2 aliphatic carbocycles. The summed E-state index contributed by atoms with van der Waals surface area (Å²) in [6.07, 6.45) is 4.32. The van der Waals surface area contributed by atoms with Gasteiger partial charge in [0.25, 0.3) is 0 Å². The summed E-state index contributed by atoms with van der Waals surface area (Å²) >= 11 is 0. The van der Waals surface area contributed by atoms with E-state index in [-0.39, 0.29) is 23.0 Å². The van der Waals surface area contributed by atoms with Crippen molar-refractivity contribution in [3.05, 3.63) is 29.3 Å². The molecular weight excluding hydrogens is 324 g/mol. The number of Topliss-reactive ketones (excluding diaryl/α,β-unsaturated/α-hetero) is 1. The number of fused-ring (bicyclic) bond motifs is 2. The SMILES string of the molecule is CC(C)Oc1ccc(OC(C)C)c(C=C2C(=O)C3(C)CCC2C3(C)C)c1. The molecule has 2 aliphatic rings. The molecule has 0 spiro atoms. The van der Waals surface area contributed by atoms with E-state index in [1.165, 1.54) is 0 Å². The molecule has 0 radical (unpaired) electrons. The molecule has 3 rings (SSSR count). The van der Waals surface area contributed by atoms with E-state index in [2.05, 4.69) is 26.8 Å². The highest BCUT2D eigenvalue weighted by atomic mass is 16.5. The molecule has 0 aromatic heterocycles. The van der Waals surface area contributed by atoms with Gasteiger partial charge in [0.2, 0.25) is 0 Å². The standard InChI is InChI=1S/C23H32O3/c1-14(2)25-17-8-9-20(26-15(3)4)16(12-17)13-18-19-10-11-23(7,21(18)24)22(19,5)6/h8-9,12-15,19H,10-11H2,1-7H3. The van der Waals surface area contributed by atoms with Gasteiger partial charge in [0.15, 0.2) is 5.78 Å². The van der Waals surface area contributed by atoms with Crippen LogP contribution in [0.1, 0.15) is 66.9 Å². The van der Waals surface area contributed by atoms with Crippen molar-refractivity contribution in [1.29, 1.82) is 0 Å². The first-order valence-corrected chi connectivity index (χ1v) is 9.80. The third-order valence-electron chi connectivity index (χ3n) is 6.39. The van der Waals surface area contributed by atoms with E-state index in [0.717, 1.165) is 35.5 Å². The van der Waals surface area contributed by atoms with Crippen LogP contribution in [0.4, 0.5) is 0 Å². The van der Waals surface area contributed by atoms with Crippen molar-refractivity contribution in [2.24, 2.45) is 16.7 Å². The van der Waals surface area contributed by atoms with Crippen molar-refractivity contribution in [2.45, 2.75) is 73.5 Å². The molecule has 0 N–H and O–H groups in total. The van der Waals surface area contributed by atoms with E-state index in [9.17, 15) is 4.79 Å². The fraction of sp³-hybridized carbons (Fsp3) is 0.609. The Morgan fingerprint density at radius 3 is 2.27 bits per heavy atom. The van der Waals surface area contributed by atoms with Crippen LogP contribution in [0.15, 0.2) is 23.8 Å². The average molecular weight is 357 g/mol. The Kier molecular flexibility index (Phi) is 4.71. The Morgan fingerprint density at radius 1 is 1.08 bits per heavy atom. The summed E-state index contributed by atoms with van der Waals surface area (Å²) < 4.78 is 11.9. The minimum atomic E-state index is -0.241. The molecule has 0 heterocycles. The lowest BCUT2D eigenvalue weighted by atomic mass is 9.70. The van der Waals surface area contributed by atoms with Gasteiger partial charge in [0, 0.05) is 16.6 Å². The molecule has 2 bridgehead atoms. The summed E-state index contributed by atoms with van der Waals surface area (Å²) in [6.45, 7) is 14.7. The Morgan fingerprint density at radius 2 is 1.73 bits per heavy atom. The highest BCUT2D eigenvalue weighted by Gasteiger charge is 2.63. The third kappa shape index (κ3) is 2.95. The predicted molar refractivity (Wildman–Crippen MR) is 106 cm³/mol.